The van der Waals surface area contributed by atoms with Crippen molar-refractivity contribution in [2.75, 3.05) is 13.7 Å². The van der Waals surface area contributed by atoms with Gasteiger partial charge in [-0.2, -0.15) is 0 Å². The molecule has 3 aromatic rings. The summed E-state index contributed by atoms with van der Waals surface area (Å²) >= 11 is 0. The van der Waals surface area contributed by atoms with Crippen LogP contribution >= 0.6 is 0 Å². The summed E-state index contributed by atoms with van der Waals surface area (Å²) in [5, 5.41) is 13.8. The van der Waals surface area contributed by atoms with Gasteiger partial charge in [0.1, 0.15) is 11.9 Å². The molecule has 0 aliphatic rings. The first-order valence-electron chi connectivity index (χ1n) is 10.7. The van der Waals surface area contributed by atoms with Gasteiger partial charge in [-0.3, -0.25) is 4.98 Å². The van der Waals surface area contributed by atoms with Crippen molar-refractivity contribution < 1.29 is 28.9 Å². The first-order valence-corrected chi connectivity index (χ1v) is 10.7. The first-order chi connectivity index (χ1) is 16.2. The number of phenols is 1. The van der Waals surface area contributed by atoms with E-state index >= 15 is 0 Å². The Labute approximate surface area is 198 Å². The normalized spacial score (nSPS) is 12.0. The zero-order chi connectivity index (χ0) is 24.7. The van der Waals surface area contributed by atoms with E-state index in [2.05, 4.69) is 10.3 Å². The molecule has 8 nitrogen and oxygen atoms in total. The molecule has 0 saturated carbocycles. The molecule has 34 heavy (non-hydrogen) atoms. The Bertz CT molecular complexity index is 1120. The number of aromatic nitrogens is 1. The highest BCUT2D eigenvalue weighted by molar-refractivity contribution is 5.91. The summed E-state index contributed by atoms with van der Waals surface area (Å²) in [6, 6.07) is 14.2. The summed E-state index contributed by atoms with van der Waals surface area (Å²) < 4.78 is 16.1. The van der Waals surface area contributed by atoms with Gasteiger partial charge in [0.25, 0.3) is 0 Å². The molecule has 1 atom stereocenters. The molecule has 8 heteroatoms. The number of hydrogen-bond donors (Lipinski definition) is 2. The highest BCUT2D eigenvalue weighted by Gasteiger charge is 2.22. The number of carbonyl (C=O) groups excluding carboxylic acids is 2. The number of rotatable bonds is 8. The lowest BCUT2D eigenvalue weighted by atomic mass is 10.1. The molecule has 1 heterocycles. The zero-order valence-electron chi connectivity index (χ0n) is 19.6. The van der Waals surface area contributed by atoms with Gasteiger partial charge in [0, 0.05) is 24.5 Å². The van der Waals surface area contributed by atoms with E-state index in [1.54, 1.807) is 48.7 Å². The minimum absolute atomic E-state index is 0.00863. The Morgan fingerprint density at radius 1 is 1.03 bits per heavy atom. The third-order valence-electron chi connectivity index (χ3n) is 4.85. The summed E-state index contributed by atoms with van der Waals surface area (Å²) in [6.07, 6.45) is 2.29. The van der Waals surface area contributed by atoms with Crippen molar-refractivity contribution in [3.63, 3.8) is 0 Å². The number of carbonyl (C=O) groups is 2. The van der Waals surface area contributed by atoms with Crippen molar-refractivity contribution in [2.24, 2.45) is 0 Å². The van der Waals surface area contributed by atoms with Crippen molar-refractivity contribution in [3.8, 4) is 17.2 Å². The molecular weight excluding hydrogens is 436 g/mol. The van der Waals surface area contributed by atoms with E-state index in [1.165, 1.54) is 25.4 Å². The number of pyridine rings is 1. The van der Waals surface area contributed by atoms with Gasteiger partial charge in [-0.1, -0.05) is 6.07 Å². The maximum Gasteiger partial charge on any atom is 0.343 e. The first kappa shape index (κ1) is 24.7. The number of benzene rings is 2. The fraction of sp³-hybridized carbons (Fsp3) is 0.269. The van der Waals surface area contributed by atoms with Crippen LogP contribution in [0.15, 0.2) is 67.0 Å². The van der Waals surface area contributed by atoms with Gasteiger partial charge in [-0.05, 0) is 74.9 Å². The molecule has 3 rings (SSSR count). The van der Waals surface area contributed by atoms with E-state index in [9.17, 15) is 14.7 Å². The maximum atomic E-state index is 12.6. The van der Waals surface area contributed by atoms with Crippen LogP contribution < -0.4 is 14.8 Å². The van der Waals surface area contributed by atoms with Crippen LogP contribution in [0.3, 0.4) is 0 Å². The Hall–Kier alpha value is -3.91. The second-order valence-electron chi connectivity index (χ2n) is 8.61. The van der Waals surface area contributed by atoms with E-state index in [4.69, 9.17) is 14.2 Å². The average Bonchev–Trinajstić information content (AvgIpc) is 2.83. The van der Waals surface area contributed by atoms with Gasteiger partial charge in [0.15, 0.2) is 11.5 Å². The molecule has 178 valence electrons. The number of phenolic OH excluding ortho intramolecular Hbond substituents is 1. The van der Waals surface area contributed by atoms with Crippen LogP contribution in [0.25, 0.3) is 0 Å². The van der Waals surface area contributed by atoms with Gasteiger partial charge in [0.05, 0.1) is 18.2 Å². The van der Waals surface area contributed by atoms with Gasteiger partial charge in [-0.15, -0.1) is 0 Å². The standard InChI is InChI=1S/C26H28N2O6/c1-26(2,3)28-16-23(34-25(31)19-6-5-13-27-15-19)18-9-12-22(21(29)14-18)33-24(30)17-7-10-20(32-4)11-8-17/h5-15,23,28-29H,16H2,1-4H3. The minimum Gasteiger partial charge on any atom is -0.504 e. The quantitative estimate of drug-likeness (QED) is 0.375. The number of methoxy groups -OCH3 is 1. The van der Waals surface area contributed by atoms with Gasteiger partial charge in [0.2, 0.25) is 0 Å². The smallest absolute Gasteiger partial charge is 0.343 e. The van der Waals surface area contributed by atoms with E-state index in [0.29, 0.717) is 29.0 Å². The Balaban J connectivity index is 1.78. The highest BCUT2D eigenvalue weighted by Crippen LogP contribution is 2.31. The van der Waals surface area contributed by atoms with Crippen molar-refractivity contribution >= 4 is 11.9 Å². The molecule has 1 aromatic heterocycles. The monoisotopic (exact) mass is 464 g/mol. The van der Waals surface area contributed by atoms with Crippen LogP contribution in [0.1, 0.15) is 53.2 Å². The van der Waals surface area contributed by atoms with Crippen molar-refractivity contribution in [3.05, 3.63) is 83.7 Å². The average molecular weight is 465 g/mol. The fourth-order valence-corrected chi connectivity index (χ4v) is 3.01. The third-order valence-corrected chi connectivity index (χ3v) is 4.85. The van der Waals surface area contributed by atoms with Crippen LogP contribution in [0.2, 0.25) is 0 Å². The van der Waals surface area contributed by atoms with Crippen molar-refractivity contribution in [1.82, 2.24) is 10.3 Å². The Kier molecular flexibility index (Phi) is 7.86. The summed E-state index contributed by atoms with van der Waals surface area (Å²) in [4.78, 5) is 29.0. The zero-order valence-corrected chi connectivity index (χ0v) is 19.6. The lowest BCUT2D eigenvalue weighted by Gasteiger charge is -2.26. The van der Waals surface area contributed by atoms with E-state index in [0.717, 1.165) is 0 Å². The molecule has 1 unspecified atom stereocenters. The molecule has 0 radical (unpaired) electrons. The largest absolute Gasteiger partial charge is 0.504 e. The molecular formula is C26H28N2O6. The van der Waals surface area contributed by atoms with Crippen LogP contribution in [-0.2, 0) is 4.74 Å². The van der Waals surface area contributed by atoms with Crippen LogP contribution in [0.5, 0.6) is 17.2 Å². The van der Waals surface area contributed by atoms with Crippen LogP contribution in [-0.4, -0.2) is 41.2 Å². The Morgan fingerprint density at radius 3 is 2.35 bits per heavy atom. The topological polar surface area (TPSA) is 107 Å². The molecule has 0 aliphatic heterocycles. The maximum absolute atomic E-state index is 12.6. The highest BCUT2D eigenvalue weighted by atomic mass is 16.5. The van der Waals surface area contributed by atoms with E-state index in [1.807, 2.05) is 20.8 Å². The predicted molar refractivity (Wildman–Crippen MR) is 126 cm³/mol. The summed E-state index contributed by atoms with van der Waals surface area (Å²) in [5.41, 5.74) is 0.935. The summed E-state index contributed by atoms with van der Waals surface area (Å²) in [7, 11) is 1.53. The molecule has 0 bridgehead atoms. The SMILES string of the molecule is COc1ccc(C(=O)Oc2ccc(C(CNC(C)(C)C)OC(=O)c3cccnc3)cc2O)cc1. The molecule has 0 spiro atoms. The van der Waals surface area contributed by atoms with Gasteiger partial charge in [-0.25, -0.2) is 9.59 Å². The summed E-state index contributed by atoms with van der Waals surface area (Å²) in [6.45, 7) is 6.28. The van der Waals surface area contributed by atoms with Gasteiger partial charge >= 0.3 is 11.9 Å². The predicted octanol–water partition coefficient (Wildman–Crippen LogP) is 4.30. The molecule has 0 aliphatic carbocycles. The second kappa shape index (κ2) is 10.8. The number of nitrogens with zero attached hydrogens (tertiary/aromatic N) is 1. The minimum atomic E-state index is -0.704. The fourth-order valence-electron chi connectivity index (χ4n) is 3.01. The molecule has 0 amide bonds. The number of esters is 2. The number of nitrogens with one attached hydrogen (secondary N) is 1. The molecule has 0 fully saturated rings. The van der Waals surface area contributed by atoms with Gasteiger partial charge < -0.3 is 24.6 Å². The van der Waals surface area contributed by atoms with Crippen molar-refractivity contribution in [2.45, 2.75) is 32.4 Å². The van der Waals surface area contributed by atoms with Crippen LogP contribution in [0, 0.1) is 0 Å². The number of hydrogen-bond acceptors (Lipinski definition) is 8. The lowest BCUT2D eigenvalue weighted by Crippen LogP contribution is -2.39. The van der Waals surface area contributed by atoms with Crippen molar-refractivity contribution in [1.29, 1.82) is 0 Å². The van der Waals surface area contributed by atoms with Crippen LogP contribution in [0.4, 0.5) is 0 Å². The third kappa shape index (κ3) is 6.79. The Morgan fingerprint density at radius 2 is 1.76 bits per heavy atom. The molecule has 2 aromatic carbocycles. The van der Waals surface area contributed by atoms with E-state index in [-0.39, 0.29) is 17.0 Å². The summed E-state index contributed by atoms with van der Waals surface area (Å²) in [5.74, 6) is -0.814. The number of aromatic hydroxyl groups is 1. The lowest BCUT2D eigenvalue weighted by molar-refractivity contribution is 0.0282. The molecule has 2 N–H and O–H groups in total. The number of ether oxygens (including phenoxy) is 3. The second-order valence-corrected chi connectivity index (χ2v) is 8.61. The van der Waals surface area contributed by atoms with E-state index < -0.39 is 18.0 Å². The molecule has 0 saturated heterocycles.